The van der Waals surface area contributed by atoms with Gasteiger partial charge >= 0.3 is 0 Å². The fraction of sp³-hybridized carbons (Fsp3) is 0.750. The summed E-state index contributed by atoms with van der Waals surface area (Å²) in [5.74, 6) is 0.174. The topological polar surface area (TPSA) is 77.0 Å². The monoisotopic (exact) mass is 287 g/mol. The van der Waals surface area contributed by atoms with Gasteiger partial charge in [-0.25, -0.2) is 4.98 Å². The number of rotatable bonds is 4. The average molecular weight is 288 g/mol. The molecule has 2 heterocycles. The summed E-state index contributed by atoms with van der Waals surface area (Å²) in [6, 6.07) is 0.239. The number of hydrogen-bond donors (Lipinski definition) is 1. The largest absolute Gasteiger partial charge is 0.338 e. The summed E-state index contributed by atoms with van der Waals surface area (Å²) in [5, 5.41) is 4.00. The van der Waals surface area contributed by atoms with Gasteiger partial charge in [0.15, 0.2) is 0 Å². The van der Waals surface area contributed by atoms with E-state index in [0.29, 0.717) is 13.0 Å². The zero-order valence-electron chi connectivity index (χ0n) is 11.2. The van der Waals surface area contributed by atoms with Gasteiger partial charge in [0.25, 0.3) is 0 Å². The molecule has 0 bridgehead atoms. The first-order valence-electron chi connectivity index (χ1n) is 6.56. The SMILES string of the molecule is CC(N)C1CCCCN1C(=O)CCn1cncn1.Cl. The normalized spacial score (nSPS) is 20.7. The van der Waals surface area contributed by atoms with Crippen LogP contribution in [0.25, 0.3) is 0 Å². The van der Waals surface area contributed by atoms with E-state index in [1.165, 1.54) is 12.7 Å². The van der Waals surface area contributed by atoms with Crippen molar-refractivity contribution in [1.82, 2.24) is 19.7 Å². The minimum Gasteiger partial charge on any atom is -0.338 e. The molecule has 2 N–H and O–H groups in total. The van der Waals surface area contributed by atoms with Crippen molar-refractivity contribution in [2.24, 2.45) is 5.73 Å². The van der Waals surface area contributed by atoms with Gasteiger partial charge in [0.1, 0.15) is 12.7 Å². The van der Waals surface area contributed by atoms with E-state index in [4.69, 9.17) is 5.73 Å². The number of aryl methyl sites for hydroxylation is 1. The van der Waals surface area contributed by atoms with E-state index in [9.17, 15) is 4.79 Å². The first-order valence-corrected chi connectivity index (χ1v) is 6.56. The number of amides is 1. The summed E-state index contributed by atoms with van der Waals surface area (Å²) in [6.07, 6.45) is 6.85. The molecule has 6 nitrogen and oxygen atoms in total. The third-order valence-electron chi connectivity index (χ3n) is 3.50. The van der Waals surface area contributed by atoms with E-state index in [1.54, 1.807) is 11.0 Å². The number of piperidine rings is 1. The third-order valence-corrected chi connectivity index (χ3v) is 3.50. The molecule has 2 rings (SSSR count). The van der Waals surface area contributed by atoms with Crippen molar-refractivity contribution in [3.8, 4) is 0 Å². The van der Waals surface area contributed by atoms with Crippen LogP contribution in [0.1, 0.15) is 32.6 Å². The molecule has 1 aromatic heterocycles. The molecule has 1 amide bonds. The predicted octanol–water partition coefficient (Wildman–Crippen LogP) is 0.818. The van der Waals surface area contributed by atoms with Crippen LogP contribution in [0, 0.1) is 0 Å². The number of likely N-dealkylation sites (tertiary alicyclic amines) is 1. The van der Waals surface area contributed by atoms with Gasteiger partial charge in [-0.05, 0) is 26.2 Å². The van der Waals surface area contributed by atoms with Crippen molar-refractivity contribution in [2.45, 2.75) is 51.2 Å². The second-order valence-corrected chi connectivity index (χ2v) is 4.92. The quantitative estimate of drug-likeness (QED) is 0.889. The zero-order valence-corrected chi connectivity index (χ0v) is 12.1. The number of aromatic nitrogens is 3. The van der Waals surface area contributed by atoms with E-state index in [-0.39, 0.29) is 30.4 Å². The maximum Gasteiger partial charge on any atom is 0.224 e. The Bertz CT molecular complexity index is 381. The van der Waals surface area contributed by atoms with E-state index < -0.39 is 0 Å². The zero-order chi connectivity index (χ0) is 13.0. The molecule has 0 saturated carbocycles. The number of hydrogen-bond acceptors (Lipinski definition) is 4. The summed E-state index contributed by atoms with van der Waals surface area (Å²) < 4.78 is 1.68. The van der Waals surface area contributed by atoms with Gasteiger partial charge in [0.2, 0.25) is 5.91 Å². The van der Waals surface area contributed by atoms with E-state index >= 15 is 0 Å². The van der Waals surface area contributed by atoms with Crippen molar-refractivity contribution >= 4 is 18.3 Å². The van der Waals surface area contributed by atoms with Crippen molar-refractivity contribution < 1.29 is 4.79 Å². The Morgan fingerprint density at radius 1 is 1.53 bits per heavy atom. The molecule has 108 valence electrons. The summed E-state index contributed by atoms with van der Waals surface area (Å²) in [5.41, 5.74) is 5.96. The summed E-state index contributed by atoms with van der Waals surface area (Å²) in [7, 11) is 0. The lowest BCUT2D eigenvalue weighted by Gasteiger charge is -2.38. The Morgan fingerprint density at radius 2 is 2.32 bits per heavy atom. The Hall–Kier alpha value is -1.14. The van der Waals surface area contributed by atoms with Gasteiger partial charge in [-0.3, -0.25) is 9.48 Å². The lowest BCUT2D eigenvalue weighted by Crippen LogP contribution is -2.51. The highest BCUT2D eigenvalue weighted by atomic mass is 35.5. The number of nitrogens with two attached hydrogens (primary N) is 1. The van der Waals surface area contributed by atoms with E-state index in [0.717, 1.165) is 19.4 Å². The Labute approximate surface area is 119 Å². The molecule has 1 aliphatic rings. The van der Waals surface area contributed by atoms with Crippen LogP contribution < -0.4 is 5.73 Å². The van der Waals surface area contributed by atoms with Gasteiger partial charge in [0, 0.05) is 25.0 Å². The lowest BCUT2D eigenvalue weighted by atomic mass is 9.96. The molecular formula is C12H22ClN5O. The molecule has 0 aromatic carbocycles. The van der Waals surface area contributed by atoms with Crippen LogP contribution in [0.2, 0.25) is 0 Å². The van der Waals surface area contributed by atoms with Crippen LogP contribution in [-0.2, 0) is 11.3 Å². The smallest absolute Gasteiger partial charge is 0.224 e. The van der Waals surface area contributed by atoms with Gasteiger partial charge in [-0.2, -0.15) is 5.10 Å². The molecule has 0 spiro atoms. The Balaban J connectivity index is 0.00000180. The number of nitrogens with zero attached hydrogens (tertiary/aromatic N) is 4. The third kappa shape index (κ3) is 4.18. The minimum atomic E-state index is 0. The molecule has 1 saturated heterocycles. The van der Waals surface area contributed by atoms with Gasteiger partial charge < -0.3 is 10.6 Å². The highest BCUT2D eigenvalue weighted by Crippen LogP contribution is 2.19. The molecule has 19 heavy (non-hydrogen) atoms. The standard InChI is InChI=1S/C12H21N5O.ClH/c1-10(13)11-4-2-3-6-17(11)12(18)5-7-16-9-14-8-15-16;/h8-11H,2-7,13H2,1H3;1H. The fourth-order valence-electron chi connectivity index (χ4n) is 2.52. The van der Waals surface area contributed by atoms with Crippen LogP contribution in [0.15, 0.2) is 12.7 Å². The molecule has 1 fully saturated rings. The molecular weight excluding hydrogens is 266 g/mol. The number of carbonyl (C=O) groups is 1. The van der Waals surface area contributed by atoms with Crippen LogP contribution in [-0.4, -0.2) is 44.2 Å². The first kappa shape index (κ1) is 15.9. The van der Waals surface area contributed by atoms with Gasteiger partial charge in [0.05, 0.1) is 6.54 Å². The molecule has 2 unspecified atom stereocenters. The molecule has 1 aliphatic heterocycles. The predicted molar refractivity (Wildman–Crippen MR) is 74.9 cm³/mol. The maximum atomic E-state index is 12.2. The van der Waals surface area contributed by atoms with Crippen molar-refractivity contribution in [3.05, 3.63) is 12.7 Å². The summed E-state index contributed by atoms with van der Waals surface area (Å²) >= 11 is 0. The Morgan fingerprint density at radius 3 is 2.95 bits per heavy atom. The summed E-state index contributed by atoms with van der Waals surface area (Å²) in [4.78, 5) is 18.0. The van der Waals surface area contributed by atoms with Crippen molar-refractivity contribution in [1.29, 1.82) is 0 Å². The number of carbonyl (C=O) groups excluding carboxylic acids is 1. The van der Waals surface area contributed by atoms with Crippen LogP contribution in [0.5, 0.6) is 0 Å². The second-order valence-electron chi connectivity index (χ2n) is 4.92. The number of halogens is 1. The van der Waals surface area contributed by atoms with Gasteiger partial charge in [-0.1, -0.05) is 0 Å². The van der Waals surface area contributed by atoms with Crippen LogP contribution >= 0.6 is 12.4 Å². The summed E-state index contributed by atoms with van der Waals surface area (Å²) in [6.45, 7) is 3.40. The maximum absolute atomic E-state index is 12.2. The Kier molecular flexibility index (Phi) is 6.24. The van der Waals surface area contributed by atoms with Gasteiger partial charge in [-0.15, -0.1) is 12.4 Å². The molecule has 7 heteroatoms. The van der Waals surface area contributed by atoms with E-state index in [2.05, 4.69) is 10.1 Å². The van der Waals surface area contributed by atoms with Crippen molar-refractivity contribution in [2.75, 3.05) is 6.54 Å². The fourth-order valence-corrected chi connectivity index (χ4v) is 2.52. The highest BCUT2D eigenvalue weighted by molar-refractivity contribution is 5.85. The van der Waals surface area contributed by atoms with Crippen LogP contribution in [0.3, 0.4) is 0 Å². The van der Waals surface area contributed by atoms with Crippen molar-refractivity contribution in [3.63, 3.8) is 0 Å². The lowest BCUT2D eigenvalue weighted by molar-refractivity contribution is -0.135. The minimum absolute atomic E-state index is 0. The highest BCUT2D eigenvalue weighted by Gasteiger charge is 2.28. The molecule has 2 atom stereocenters. The molecule has 0 radical (unpaired) electrons. The van der Waals surface area contributed by atoms with Crippen LogP contribution in [0.4, 0.5) is 0 Å². The molecule has 0 aliphatic carbocycles. The first-order chi connectivity index (χ1) is 8.68. The average Bonchev–Trinajstić information content (AvgIpc) is 2.89. The second kappa shape index (κ2) is 7.45. The molecule has 1 aromatic rings. The van der Waals surface area contributed by atoms with E-state index in [1.807, 2.05) is 11.8 Å².